The van der Waals surface area contributed by atoms with E-state index in [1.54, 1.807) is 53.8 Å². The van der Waals surface area contributed by atoms with Crippen LogP contribution in [0.25, 0.3) is 20.4 Å². The molecule has 33 heavy (non-hydrogen) atoms. The van der Waals surface area contributed by atoms with Gasteiger partial charge in [0.15, 0.2) is 5.13 Å². The summed E-state index contributed by atoms with van der Waals surface area (Å²) in [6, 6.07) is 16.7. The van der Waals surface area contributed by atoms with Gasteiger partial charge < -0.3 is 0 Å². The largest absolute Gasteiger partial charge is 0.298 e. The number of carbonyl (C=O) groups excluding carboxylic acids is 1. The molecule has 0 aliphatic carbocycles. The second kappa shape index (κ2) is 8.22. The minimum absolute atomic E-state index is 0.155. The van der Waals surface area contributed by atoms with E-state index in [4.69, 9.17) is 0 Å². The summed E-state index contributed by atoms with van der Waals surface area (Å²) in [6.45, 7) is 3.85. The average Bonchev–Trinajstić information content (AvgIpc) is 3.36. The number of thiazole rings is 2. The molecule has 2 heterocycles. The van der Waals surface area contributed by atoms with Crippen LogP contribution in [-0.4, -0.2) is 24.3 Å². The van der Waals surface area contributed by atoms with Crippen molar-refractivity contribution < 1.29 is 13.2 Å². The second-order valence-corrected chi connectivity index (χ2v) is 11.4. The summed E-state index contributed by atoms with van der Waals surface area (Å²) in [4.78, 5) is 22.0. The highest BCUT2D eigenvalue weighted by Gasteiger charge is 2.16. The van der Waals surface area contributed by atoms with Crippen LogP contribution in [0.4, 0.5) is 10.8 Å². The summed E-state index contributed by atoms with van der Waals surface area (Å²) in [6.07, 6.45) is 0. The lowest BCUT2D eigenvalue weighted by Crippen LogP contribution is -2.15. The molecule has 0 bridgehead atoms. The highest BCUT2D eigenvalue weighted by Crippen LogP contribution is 2.36. The van der Waals surface area contributed by atoms with Gasteiger partial charge in [-0.25, -0.2) is 18.4 Å². The highest BCUT2D eigenvalue weighted by atomic mass is 32.2. The van der Waals surface area contributed by atoms with Gasteiger partial charge in [-0.2, -0.15) is 0 Å². The van der Waals surface area contributed by atoms with Gasteiger partial charge in [0.05, 0.1) is 30.3 Å². The van der Waals surface area contributed by atoms with Crippen molar-refractivity contribution in [3.63, 3.8) is 0 Å². The highest BCUT2D eigenvalue weighted by molar-refractivity contribution is 7.92. The zero-order chi connectivity index (χ0) is 23.2. The Balaban J connectivity index is 1.38. The lowest BCUT2D eigenvalue weighted by Gasteiger charge is -2.10. The van der Waals surface area contributed by atoms with Crippen LogP contribution in [-0.2, 0) is 10.0 Å². The number of benzene rings is 3. The molecule has 1 amide bonds. The van der Waals surface area contributed by atoms with Crippen molar-refractivity contribution in [1.82, 2.24) is 9.97 Å². The van der Waals surface area contributed by atoms with Crippen molar-refractivity contribution in [3.8, 4) is 0 Å². The van der Waals surface area contributed by atoms with E-state index >= 15 is 0 Å². The summed E-state index contributed by atoms with van der Waals surface area (Å²) >= 11 is 2.99. The molecule has 0 radical (unpaired) electrons. The number of aromatic nitrogens is 2. The van der Waals surface area contributed by atoms with E-state index in [1.807, 2.05) is 26.0 Å². The molecule has 0 saturated heterocycles. The minimum atomic E-state index is -3.76. The molecule has 5 rings (SSSR count). The number of amides is 1. The maximum absolute atomic E-state index is 12.9. The van der Waals surface area contributed by atoms with E-state index in [-0.39, 0.29) is 10.8 Å². The molecule has 0 aliphatic rings. The second-order valence-electron chi connectivity index (χ2n) is 7.47. The van der Waals surface area contributed by atoms with Crippen LogP contribution < -0.4 is 10.0 Å². The Morgan fingerprint density at radius 3 is 2.33 bits per heavy atom. The summed E-state index contributed by atoms with van der Waals surface area (Å²) in [5.74, 6) is -0.373. The van der Waals surface area contributed by atoms with Crippen LogP contribution in [0.15, 0.2) is 65.6 Å². The number of fused-ring (bicyclic) bond motifs is 3. The van der Waals surface area contributed by atoms with Gasteiger partial charge in [0.2, 0.25) is 0 Å². The molecule has 2 aromatic heterocycles. The van der Waals surface area contributed by atoms with Crippen molar-refractivity contribution in [3.05, 3.63) is 76.8 Å². The van der Waals surface area contributed by atoms with Crippen molar-refractivity contribution >= 4 is 69.9 Å². The lowest BCUT2D eigenvalue weighted by molar-refractivity contribution is 0.102. The third kappa shape index (κ3) is 4.32. The Morgan fingerprint density at radius 1 is 0.879 bits per heavy atom. The third-order valence-corrected chi connectivity index (χ3v) is 8.48. The topological polar surface area (TPSA) is 101 Å². The molecule has 7 nitrogen and oxygen atoms in total. The summed E-state index contributed by atoms with van der Waals surface area (Å²) < 4.78 is 29.9. The summed E-state index contributed by atoms with van der Waals surface area (Å²) in [5, 5.41) is 4.27. The van der Waals surface area contributed by atoms with E-state index in [9.17, 15) is 13.2 Å². The van der Waals surface area contributed by atoms with Crippen LogP contribution >= 0.6 is 22.7 Å². The number of nitrogens with zero attached hydrogens (tertiary/aromatic N) is 2. The van der Waals surface area contributed by atoms with E-state index in [2.05, 4.69) is 20.0 Å². The van der Waals surface area contributed by atoms with Gasteiger partial charge in [0.25, 0.3) is 15.9 Å². The van der Waals surface area contributed by atoms with Crippen molar-refractivity contribution in [2.24, 2.45) is 0 Å². The Hall–Kier alpha value is -3.34. The Kier molecular flexibility index (Phi) is 5.35. The van der Waals surface area contributed by atoms with Crippen LogP contribution in [0.5, 0.6) is 0 Å². The van der Waals surface area contributed by atoms with Gasteiger partial charge >= 0.3 is 0 Å². The molecule has 0 spiro atoms. The molecule has 0 atom stereocenters. The number of carbonyl (C=O) groups is 1. The number of rotatable bonds is 5. The fraction of sp³-hybridized carbons (Fsp3) is 0.0870. The fourth-order valence-electron chi connectivity index (χ4n) is 3.36. The Morgan fingerprint density at radius 2 is 1.58 bits per heavy atom. The van der Waals surface area contributed by atoms with Crippen molar-refractivity contribution in [1.29, 1.82) is 0 Å². The van der Waals surface area contributed by atoms with Gasteiger partial charge in [-0.05, 0) is 56.3 Å². The quantitative estimate of drug-likeness (QED) is 0.332. The van der Waals surface area contributed by atoms with Crippen LogP contribution in [0.1, 0.15) is 20.9 Å². The summed E-state index contributed by atoms with van der Waals surface area (Å²) in [7, 11) is -3.76. The predicted molar refractivity (Wildman–Crippen MR) is 134 cm³/mol. The minimum Gasteiger partial charge on any atom is -0.298 e. The molecule has 5 aromatic rings. The number of nitrogens with one attached hydrogen (secondary N) is 2. The molecular formula is C23H18N4O3S3. The van der Waals surface area contributed by atoms with Crippen LogP contribution in [0.2, 0.25) is 0 Å². The normalized spacial score (nSPS) is 11.7. The Bertz CT molecular complexity index is 1620. The monoisotopic (exact) mass is 494 g/mol. The van der Waals surface area contributed by atoms with Crippen LogP contribution in [0.3, 0.4) is 0 Å². The van der Waals surface area contributed by atoms with Crippen LogP contribution in [0, 0.1) is 13.8 Å². The van der Waals surface area contributed by atoms with E-state index < -0.39 is 10.0 Å². The number of hydrogen-bond donors (Lipinski definition) is 2. The maximum atomic E-state index is 12.9. The standard InChI is InChI=1S/C23H18N4O3S3/c1-13-6-8-17(9-7-13)33(29,30)27-16-5-3-4-15(12-16)22(28)26-23-25-19-11-10-18-20(21(19)32-23)31-14(2)24-18/h3-12,27H,1-2H3,(H,25,26,28). The smallest absolute Gasteiger partial charge is 0.261 e. The molecule has 0 saturated carbocycles. The van der Waals surface area contributed by atoms with E-state index in [0.717, 1.165) is 31.0 Å². The molecule has 0 aliphatic heterocycles. The van der Waals surface area contributed by atoms with Crippen molar-refractivity contribution in [2.45, 2.75) is 18.7 Å². The number of anilines is 2. The average molecular weight is 495 g/mol. The van der Waals surface area contributed by atoms with E-state index in [1.165, 1.54) is 17.4 Å². The first-order chi connectivity index (χ1) is 15.8. The number of sulfonamides is 1. The maximum Gasteiger partial charge on any atom is 0.261 e. The van der Waals surface area contributed by atoms with Gasteiger partial charge in [0, 0.05) is 11.3 Å². The summed E-state index contributed by atoms with van der Waals surface area (Å²) in [5.41, 5.74) is 3.30. The van der Waals surface area contributed by atoms with Gasteiger partial charge in [-0.15, -0.1) is 11.3 Å². The predicted octanol–water partition coefficient (Wildman–Crippen LogP) is 5.58. The van der Waals surface area contributed by atoms with E-state index in [0.29, 0.717) is 16.4 Å². The first kappa shape index (κ1) is 21.5. The van der Waals surface area contributed by atoms with Crippen molar-refractivity contribution in [2.75, 3.05) is 10.0 Å². The molecule has 2 N–H and O–H groups in total. The first-order valence-electron chi connectivity index (χ1n) is 9.96. The van der Waals surface area contributed by atoms with Gasteiger partial charge in [-0.3, -0.25) is 14.8 Å². The SMILES string of the molecule is Cc1ccc(S(=O)(=O)Nc2cccc(C(=O)Nc3nc4ccc5nc(C)sc5c4s3)c2)cc1. The molecule has 3 aromatic carbocycles. The zero-order valence-electron chi connectivity index (χ0n) is 17.6. The third-order valence-electron chi connectivity index (χ3n) is 4.95. The molecule has 10 heteroatoms. The lowest BCUT2D eigenvalue weighted by atomic mass is 10.2. The number of aryl methyl sites for hydroxylation is 2. The number of hydrogen-bond acceptors (Lipinski definition) is 7. The molecular weight excluding hydrogens is 476 g/mol. The zero-order valence-corrected chi connectivity index (χ0v) is 20.1. The fourth-order valence-corrected chi connectivity index (χ4v) is 6.41. The molecule has 166 valence electrons. The molecule has 0 unspecified atom stereocenters. The van der Waals surface area contributed by atoms with Gasteiger partial charge in [-0.1, -0.05) is 35.1 Å². The molecule has 0 fully saturated rings. The Labute approximate surface area is 198 Å². The first-order valence-corrected chi connectivity index (χ1v) is 13.1. The van der Waals surface area contributed by atoms with Gasteiger partial charge in [0.1, 0.15) is 0 Å².